The van der Waals surface area contributed by atoms with Crippen LogP contribution in [0.2, 0.25) is 0 Å². The number of likely N-dealkylation sites (tertiary alicyclic amines) is 1. The first-order chi connectivity index (χ1) is 9.06. The van der Waals surface area contributed by atoms with Crippen molar-refractivity contribution in [3.05, 3.63) is 16.1 Å². The van der Waals surface area contributed by atoms with Crippen LogP contribution in [0.25, 0.3) is 0 Å². The van der Waals surface area contributed by atoms with E-state index in [1.165, 1.54) is 0 Å². The van der Waals surface area contributed by atoms with Gasteiger partial charge in [0.25, 0.3) is 0 Å². The fourth-order valence-electron chi connectivity index (χ4n) is 2.33. The molecule has 2 heterocycles. The Bertz CT molecular complexity index is 433. The van der Waals surface area contributed by atoms with Crippen molar-refractivity contribution in [2.75, 3.05) is 13.1 Å². The van der Waals surface area contributed by atoms with Crippen molar-refractivity contribution < 1.29 is 9.90 Å². The molecule has 0 saturated carbocycles. The van der Waals surface area contributed by atoms with Gasteiger partial charge in [-0.3, -0.25) is 0 Å². The van der Waals surface area contributed by atoms with Crippen molar-refractivity contribution in [3.63, 3.8) is 0 Å². The van der Waals surface area contributed by atoms with E-state index in [1.54, 1.807) is 23.2 Å². The maximum Gasteiger partial charge on any atom is 0.317 e. The van der Waals surface area contributed by atoms with Crippen molar-refractivity contribution in [3.8, 4) is 0 Å². The number of urea groups is 1. The molecule has 1 fully saturated rings. The van der Waals surface area contributed by atoms with Gasteiger partial charge in [0.2, 0.25) is 0 Å². The quantitative estimate of drug-likeness (QED) is 0.888. The molecule has 2 atom stereocenters. The third kappa shape index (κ3) is 3.91. The van der Waals surface area contributed by atoms with Crippen molar-refractivity contribution in [2.45, 2.75) is 39.3 Å². The second kappa shape index (κ2) is 6.34. The Morgan fingerprint density at radius 2 is 2.53 bits per heavy atom. The van der Waals surface area contributed by atoms with Gasteiger partial charge in [-0.1, -0.05) is 0 Å². The molecule has 0 radical (unpaired) electrons. The summed E-state index contributed by atoms with van der Waals surface area (Å²) in [6, 6.07) is -0.0572. The van der Waals surface area contributed by atoms with Gasteiger partial charge >= 0.3 is 6.03 Å². The number of nitrogens with zero attached hydrogens (tertiary/aromatic N) is 2. The molecule has 2 amide bonds. The number of hydrogen-bond donors (Lipinski definition) is 2. The van der Waals surface area contributed by atoms with Crippen LogP contribution in [0.5, 0.6) is 0 Å². The Hall–Kier alpha value is -1.14. The Morgan fingerprint density at radius 1 is 1.74 bits per heavy atom. The second-order valence-corrected chi connectivity index (χ2v) is 6.43. The van der Waals surface area contributed by atoms with Crippen molar-refractivity contribution in [1.82, 2.24) is 15.2 Å². The van der Waals surface area contributed by atoms with E-state index in [-0.39, 0.29) is 18.1 Å². The van der Waals surface area contributed by atoms with Gasteiger partial charge in [0.15, 0.2) is 0 Å². The molecule has 106 valence electrons. The van der Waals surface area contributed by atoms with E-state index >= 15 is 0 Å². The average Bonchev–Trinajstić information content (AvgIpc) is 2.82. The number of amides is 2. The summed E-state index contributed by atoms with van der Waals surface area (Å²) >= 11 is 1.60. The van der Waals surface area contributed by atoms with Gasteiger partial charge in [0, 0.05) is 30.1 Å². The second-order valence-electron chi connectivity index (χ2n) is 5.11. The first kappa shape index (κ1) is 14.3. The van der Waals surface area contributed by atoms with E-state index in [2.05, 4.69) is 10.3 Å². The molecule has 1 aromatic heterocycles. The molecule has 0 aliphatic carbocycles. The topological polar surface area (TPSA) is 65.5 Å². The minimum Gasteiger partial charge on any atom is -0.393 e. The summed E-state index contributed by atoms with van der Waals surface area (Å²) in [5.41, 5.74) is 0. The van der Waals surface area contributed by atoms with Crippen LogP contribution in [-0.2, 0) is 6.54 Å². The molecule has 0 aromatic carbocycles. The number of nitrogens with one attached hydrogen (secondary N) is 1. The van der Waals surface area contributed by atoms with Crippen LogP contribution in [0.3, 0.4) is 0 Å². The van der Waals surface area contributed by atoms with Gasteiger partial charge in [0.1, 0.15) is 5.01 Å². The van der Waals surface area contributed by atoms with Crippen LogP contribution < -0.4 is 5.32 Å². The highest BCUT2D eigenvalue weighted by Crippen LogP contribution is 2.19. The number of rotatable bonds is 3. The Balaban J connectivity index is 1.82. The summed E-state index contributed by atoms with van der Waals surface area (Å²) < 4.78 is 0. The monoisotopic (exact) mass is 283 g/mol. The number of thiazole rings is 1. The number of carbonyl (C=O) groups is 1. The number of piperidine rings is 1. The first-order valence-corrected chi connectivity index (χ1v) is 7.50. The van der Waals surface area contributed by atoms with E-state index in [1.807, 2.05) is 13.1 Å². The van der Waals surface area contributed by atoms with Gasteiger partial charge < -0.3 is 15.3 Å². The Kier molecular flexibility index (Phi) is 4.76. The molecule has 1 aliphatic rings. The highest BCUT2D eigenvalue weighted by molar-refractivity contribution is 7.11. The van der Waals surface area contributed by atoms with Crippen LogP contribution in [-0.4, -0.2) is 40.2 Å². The van der Waals surface area contributed by atoms with Crippen molar-refractivity contribution in [2.24, 2.45) is 5.92 Å². The minimum absolute atomic E-state index is 0.0572. The van der Waals surface area contributed by atoms with E-state index < -0.39 is 0 Å². The van der Waals surface area contributed by atoms with Crippen LogP contribution in [0, 0.1) is 12.8 Å². The highest BCUT2D eigenvalue weighted by atomic mass is 32.1. The summed E-state index contributed by atoms with van der Waals surface area (Å²) in [6.07, 6.45) is 3.42. The standard InChI is InChI=1S/C13H21N3O2S/c1-9-6-14-12(19-9)7-15-13(18)16-5-3-4-11(8-16)10(2)17/h6,10-11,17H,3-5,7-8H2,1-2H3,(H,15,18). The number of aliphatic hydroxyl groups excluding tert-OH is 1. The molecular weight excluding hydrogens is 262 g/mol. The van der Waals surface area contributed by atoms with Crippen LogP contribution in [0.15, 0.2) is 6.20 Å². The molecule has 2 rings (SSSR count). The summed E-state index contributed by atoms with van der Waals surface area (Å²) in [6.45, 7) is 5.69. The Morgan fingerprint density at radius 3 is 3.16 bits per heavy atom. The average molecular weight is 283 g/mol. The van der Waals surface area contributed by atoms with Crippen LogP contribution in [0.4, 0.5) is 4.79 Å². The lowest BCUT2D eigenvalue weighted by Crippen LogP contribution is -2.47. The lowest BCUT2D eigenvalue weighted by Gasteiger charge is -2.34. The van der Waals surface area contributed by atoms with Crippen molar-refractivity contribution >= 4 is 17.4 Å². The fourth-order valence-corrected chi connectivity index (χ4v) is 3.06. The molecule has 19 heavy (non-hydrogen) atoms. The van der Waals surface area contributed by atoms with Gasteiger partial charge in [-0.15, -0.1) is 11.3 Å². The maximum atomic E-state index is 12.1. The molecule has 1 aliphatic heterocycles. The van der Waals surface area contributed by atoms with Crippen LogP contribution >= 0.6 is 11.3 Å². The molecule has 6 heteroatoms. The summed E-state index contributed by atoms with van der Waals surface area (Å²) in [5.74, 6) is 0.196. The molecule has 2 N–H and O–H groups in total. The number of aryl methyl sites for hydroxylation is 1. The molecule has 5 nitrogen and oxygen atoms in total. The fraction of sp³-hybridized carbons (Fsp3) is 0.692. The smallest absolute Gasteiger partial charge is 0.317 e. The van der Waals surface area contributed by atoms with E-state index in [0.29, 0.717) is 13.1 Å². The van der Waals surface area contributed by atoms with Crippen LogP contribution in [0.1, 0.15) is 29.7 Å². The van der Waals surface area contributed by atoms with E-state index in [9.17, 15) is 9.90 Å². The SMILES string of the molecule is Cc1cnc(CNC(=O)N2CCCC(C(C)O)C2)s1. The minimum atomic E-state index is -0.350. The highest BCUT2D eigenvalue weighted by Gasteiger charge is 2.26. The summed E-state index contributed by atoms with van der Waals surface area (Å²) in [4.78, 5) is 19.2. The zero-order chi connectivity index (χ0) is 13.8. The molecule has 1 aromatic rings. The number of aliphatic hydroxyl groups is 1. The Labute approximate surface area is 117 Å². The van der Waals surface area contributed by atoms with E-state index in [0.717, 1.165) is 29.3 Å². The third-order valence-electron chi connectivity index (χ3n) is 3.49. The molecule has 1 saturated heterocycles. The van der Waals surface area contributed by atoms with Gasteiger partial charge in [-0.05, 0) is 26.7 Å². The predicted octanol–water partition coefficient (Wildman–Crippen LogP) is 1.75. The van der Waals surface area contributed by atoms with Crippen molar-refractivity contribution in [1.29, 1.82) is 0 Å². The normalized spacial score (nSPS) is 21.2. The van der Waals surface area contributed by atoms with Gasteiger partial charge in [0.05, 0.1) is 12.6 Å². The lowest BCUT2D eigenvalue weighted by atomic mass is 9.94. The third-order valence-corrected chi connectivity index (χ3v) is 4.40. The van der Waals surface area contributed by atoms with Gasteiger partial charge in [-0.25, -0.2) is 9.78 Å². The predicted molar refractivity (Wildman–Crippen MR) is 75.1 cm³/mol. The zero-order valence-corrected chi connectivity index (χ0v) is 12.2. The number of hydrogen-bond acceptors (Lipinski definition) is 4. The number of aromatic nitrogens is 1. The first-order valence-electron chi connectivity index (χ1n) is 6.68. The lowest BCUT2D eigenvalue weighted by molar-refractivity contribution is 0.0738. The van der Waals surface area contributed by atoms with E-state index in [4.69, 9.17) is 0 Å². The number of carbonyl (C=O) groups excluding carboxylic acids is 1. The zero-order valence-electron chi connectivity index (χ0n) is 11.4. The summed E-state index contributed by atoms with van der Waals surface area (Å²) in [5, 5.41) is 13.4. The maximum absolute atomic E-state index is 12.1. The summed E-state index contributed by atoms with van der Waals surface area (Å²) in [7, 11) is 0. The largest absolute Gasteiger partial charge is 0.393 e. The molecule has 2 unspecified atom stereocenters. The van der Waals surface area contributed by atoms with Gasteiger partial charge in [-0.2, -0.15) is 0 Å². The molecular formula is C13H21N3O2S. The molecule has 0 spiro atoms. The molecule has 0 bridgehead atoms.